The fourth-order valence-corrected chi connectivity index (χ4v) is 3.08. The number of carbonyl (C=O) groups excluding carboxylic acids is 2. The fourth-order valence-electron chi connectivity index (χ4n) is 3.08. The molecule has 0 bridgehead atoms. The van der Waals surface area contributed by atoms with Crippen LogP contribution >= 0.6 is 0 Å². The number of rotatable bonds is 5. The Morgan fingerprint density at radius 1 is 1.03 bits per heavy atom. The average Bonchev–Trinajstić information content (AvgIpc) is 2.82. The molecule has 0 saturated carbocycles. The summed E-state index contributed by atoms with van der Waals surface area (Å²) in [6, 6.07) is 21.0. The molecule has 0 aliphatic rings. The Balaban J connectivity index is 1.54. The second kappa shape index (κ2) is 8.84. The first-order valence-electron chi connectivity index (χ1n) is 9.41. The van der Waals surface area contributed by atoms with Crippen molar-refractivity contribution in [2.24, 2.45) is 0 Å². The quantitative estimate of drug-likeness (QED) is 0.501. The Labute approximate surface area is 178 Å². The fraction of sp³-hybridized carbons (Fsp3) is 0.0417. The number of para-hydroxylation sites is 1. The summed E-state index contributed by atoms with van der Waals surface area (Å²) in [7, 11) is 0. The number of anilines is 1. The third-order valence-corrected chi connectivity index (χ3v) is 4.50. The van der Waals surface area contributed by atoms with Crippen LogP contribution in [-0.4, -0.2) is 28.5 Å². The number of nitrogens with one attached hydrogen (secondary N) is 1. The number of carbonyl (C=O) groups is 2. The number of nitriles is 1. The second-order valence-electron chi connectivity index (χ2n) is 6.63. The number of amides is 1. The molecule has 0 aliphatic heterocycles. The summed E-state index contributed by atoms with van der Waals surface area (Å²) in [6.45, 7) is -0.464. The first-order chi connectivity index (χ1) is 15.1. The van der Waals surface area contributed by atoms with E-state index in [0.29, 0.717) is 33.4 Å². The number of hydrogen-bond donors (Lipinski definition) is 1. The minimum atomic E-state index is -0.635. The van der Waals surface area contributed by atoms with E-state index in [1.54, 1.807) is 60.9 Å². The summed E-state index contributed by atoms with van der Waals surface area (Å²) >= 11 is 0. The van der Waals surface area contributed by atoms with Crippen LogP contribution in [0.15, 0.2) is 79.1 Å². The molecular formula is C24H16N4O3. The average molecular weight is 408 g/mol. The molecule has 1 amide bonds. The number of nitrogens with zero attached hydrogens (tertiary/aromatic N) is 3. The van der Waals surface area contributed by atoms with Crippen LogP contribution in [0.4, 0.5) is 5.69 Å². The lowest BCUT2D eigenvalue weighted by atomic mass is 10.1. The molecule has 2 aromatic heterocycles. The van der Waals surface area contributed by atoms with E-state index < -0.39 is 18.5 Å². The van der Waals surface area contributed by atoms with Crippen molar-refractivity contribution in [3.63, 3.8) is 0 Å². The lowest BCUT2D eigenvalue weighted by molar-refractivity contribution is -0.119. The molecule has 4 rings (SSSR count). The largest absolute Gasteiger partial charge is 0.452 e. The van der Waals surface area contributed by atoms with Gasteiger partial charge in [0.1, 0.15) is 0 Å². The zero-order valence-corrected chi connectivity index (χ0v) is 16.3. The van der Waals surface area contributed by atoms with Crippen LogP contribution in [0.25, 0.3) is 22.2 Å². The van der Waals surface area contributed by atoms with Gasteiger partial charge in [-0.15, -0.1) is 0 Å². The first kappa shape index (κ1) is 19.7. The van der Waals surface area contributed by atoms with Crippen molar-refractivity contribution in [2.75, 3.05) is 11.9 Å². The number of fused-ring (bicyclic) bond motifs is 1. The van der Waals surface area contributed by atoms with E-state index in [0.717, 1.165) is 5.56 Å². The van der Waals surface area contributed by atoms with E-state index in [4.69, 9.17) is 10.00 Å². The number of benzene rings is 2. The summed E-state index contributed by atoms with van der Waals surface area (Å²) in [5, 5.41) is 12.2. The van der Waals surface area contributed by atoms with Gasteiger partial charge in [0.25, 0.3) is 5.91 Å². The van der Waals surface area contributed by atoms with Gasteiger partial charge in [0, 0.05) is 29.0 Å². The molecule has 0 spiro atoms. The van der Waals surface area contributed by atoms with Gasteiger partial charge in [-0.1, -0.05) is 24.3 Å². The Bertz CT molecular complexity index is 1310. The summed E-state index contributed by atoms with van der Waals surface area (Å²) < 4.78 is 5.26. The van der Waals surface area contributed by atoms with Crippen LogP contribution in [0.5, 0.6) is 0 Å². The number of aromatic nitrogens is 2. The lowest BCUT2D eigenvalue weighted by Crippen LogP contribution is -2.21. The van der Waals surface area contributed by atoms with Crippen LogP contribution in [0, 0.1) is 11.3 Å². The molecule has 0 atom stereocenters. The molecule has 0 aliphatic carbocycles. The first-order valence-corrected chi connectivity index (χ1v) is 9.41. The van der Waals surface area contributed by atoms with Crippen LogP contribution in [0.1, 0.15) is 15.9 Å². The van der Waals surface area contributed by atoms with E-state index >= 15 is 0 Å². The van der Waals surface area contributed by atoms with Crippen LogP contribution < -0.4 is 5.32 Å². The molecule has 1 N–H and O–H groups in total. The SMILES string of the molecule is N#Cc1cccc(NC(=O)COC(=O)c2cc(-c3cccnc3)nc3ccccc23)c1. The van der Waals surface area contributed by atoms with Crippen molar-refractivity contribution in [1.82, 2.24) is 9.97 Å². The normalized spacial score (nSPS) is 10.3. The molecule has 0 saturated heterocycles. The maximum Gasteiger partial charge on any atom is 0.339 e. The minimum Gasteiger partial charge on any atom is -0.452 e. The third-order valence-electron chi connectivity index (χ3n) is 4.50. The van der Waals surface area contributed by atoms with Gasteiger partial charge >= 0.3 is 5.97 Å². The highest BCUT2D eigenvalue weighted by molar-refractivity contribution is 6.05. The van der Waals surface area contributed by atoms with Gasteiger partial charge in [-0.3, -0.25) is 9.78 Å². The topological polar surface area (TPSA) is 105 Å². The maximum atomic E-state index is 12.8. The molecule has 150 valence electrons. The predicted octanol–water partition coefficient (Wildman–Crippen LogP) is 3.96. The van der Waals surface area contributed by atoms with Gasteiger partial charge in [0.15, 0.2) is 6.61 Å². The zero-order chi connectivity index (χ0) is 21.6. The Morgan fingerprint density at radius 2 is 1.90 bits per heavy atom. The van der Waals surface area contributed by atoms with Crippen LogP contribution in [0.2, 0.25) is 0 Å². The van der Waals surface area contributed by atoms with Gasteiger partial charge < -0.3 is 10.1 Å². The molecule has 7 nitrogen and oxygen atoms in total. The van der Waals surface area contributed by atoms with Crippen molar-refractivity contribution < 1.29 is 14.3 Å². The van der Waals surface area contributed by atoms with E-state index in [-0.39, 0.29) is 0 Å². The van der Waals surface area contributed by atoms with Gasteiger partial charge in [0.05, 0.1) is 28.4 Å². The van der Waals surface area contributed by atoms with Crippen molar-refractivity contribution in [3.05, 3.63) is 90.3 Å². The molecule has 31 heavy (non-hydrogen) atoms. The highest BCUT2D eigenvalue weighted by Gasteiger charge is 2.16. The second-order valence-corrected chi connectivity index (χ2v) is 6.63. The van der Waals surface area contributed by atoms with Crippen molar-refractivity contribution in [1.29, 1.82) is 5.26 Å². The van der Waals surface area contributed by atoms with Gasteiger partial charge in [0.2, 0.25) is 0 Å². The molecule has 0 radical (unpaired) electrons. The summed E-state index contributed by atoms with van der Waals surface area (Å²) in [4.78, 5) is 33.7. The molecule has 0 unspecified atom stereocenters. The third kappa shape index (κ3) is 4.54. The van der Waals surface area contributed by atoms with Crippen LogP contribution in [-0.2, 0) is 9.53 Å². The molecule has 2 heterocycles. The van der Waals surface area contributed by atoms with E-state index in [2.05, 4.69) is 15.3 Å². The molecule has 4 aromatic rings. The van der Waals surface area contributed by atoms with Crippen molar-refractivity contribution >= 4 is 28.5 Å². The van der Waals surface area contributed by atoms with Crippen LogP contribution in [0.3, 0.4) is 0 Å². The van der Waals surface area contributed by atoms with Crippen molar-refractivity contribution in [2.45, 2.75) is 0 Å². The smallest absolute Gasteiger partial charge is 0.339 e. The molecule has 2 aromatic carbocycles. The highest BCUT2D eigenvalue weighted by Crippen LogP contribution is 2.25. The Morgan fingerprint density at radius 3 is 2.71 bits per heavy atom. The lowest BCUT2D eigenvalue weighted by Gasteiger charge is -2.10. The monoisotopic (exact) mass is 408 g/mol. The van der Waals surface area contributed by atoms with Crippen molar-refractivity contribution in [3.8, 4) is 17.3 Å². The molecule has 0 fully saturated rings. The minimum absolute atomic E-state index is 0.309. The number of esters is 1. The van der Waals surface area contributed by atoms with E-state index in [1.165, 1.54) is 6.07 Å². The Hall–Kier alpha value is -4.57. The summed E-state index contributed by atoms with van der Waals surface area (Å²) in [5.41, 5.74) is 3.15. The standard InChI is InChI=1S/C24H16N4O3/c25-13-16-5-3-7-18(11-16)27-23(29)15-31-24(30)20-12-22(17-6-4-10-26-14-17)28-21-9-2-1-8-19(20)21/h1-12,14H,15H2,(H,27,29). The van der Waals surface area contributed by atoms with E-state index in [1.807, 2.05) is 18.2 Å². The summed E-state index contributed by atoms with van der Waals surface area (Å²) in [5.74, 6) is -1.14. The highest BCUT2D eigenvalue weighted by atomic mass is 16.5. The number of hydrogen-bond acceptors (Lipinski definition) is 6. The number of pyridine rings is 2. The van der Waals surface area contributed by atoms with Gasteiger partial charge in [-0.25, -0.2) is 9.78 Å². The molecule has 7 heteroatoms. The molecular weight excluding hydrogens is 392 g/mol. The van der Waals surface area contributed by atoms with E-state index in [9.17, 15) is 9.59 Å². The summed E-state index contributed by atoms with van der Waals surface area (Å²) in [6.07, 6.45) is 3.32. The zero-order valence-electron chi connectivity index (χ0n) is 16.3. The van der Waals surface area contributed by atoms with Gasteiger partial charge in [-0.05, 0) is 42.5 Å². The Kier molecular flexibility index (Phi) is 5.63. The number of ether oxygens (including phenoxy) is 1. The predicted molar refractivity (Wildman–Crippen MR) is 115 cm³/mol. The maximum absolute atomic E-state index is 12.8. The van der Waals surface area contributed by atoms with Gasteiger partial charge in [-0.2, -0.15) is 5.26 Å².